The first kappa shape index (κ1) is 26.0. The maximum atomic E-state index is 13.5. The number of likely N-dealkylation sites (tertiary alicyclic amines) is 1. The van der Waals surface area contributed by atoms with E-state index in [2.05, 4.69) is 17.4 Å². The zero-order chi connectivity index (χ0) is 25.7. The van der Waals surface area contributed by atoms with Gasteiger partial charge in [-0.1, -0.05) is 66.8 Å². The third-order valence-electron chi connectivity index (χ3n) is 6.84. The molecule has 1 heterocycles. The molecule has 8 heteroatoms. The van der Waals surface area contributed by atoms with Gasteiger partial charge in [0.1, 0.15) is 12.6 Å². The Morgan fingerprint density at radius 3 is 2.31 bits per heavy atom. The van der Waals surface area contributed by atoms with Crippen molar-refractivity contribution in [3.8, 4) is 0 Å². The second-order valence-electron chi connectivity index (χ2n) is 9.30. The fraction of sp³-hybridized carbons (Fsp3) is 0.429. The highest BCUT2D eigenvalue weighted by Crippen LogP contribution is 2.30. The SMILES string of the molecule is CCOC(=O)C(N[C@@H](C)C(=O)N1CCC(=S)[C@H]1C(=O)OCc1ccccc1)C1Cc2ccccc2C1. The number of thiocarbonyl (C=S) groups is 1. The summed E-state index contributed by atoms with van der Waals surface area (Å²) in [4.78, 5) is 41.3. The summed E-state index contributed by atoms with van der Waals surface area (Å²) in [6.07, 6.45) is 1.92. The van der Waals surface area contributed by atoms with E-state index in [0.29, 0.717) is 17.8 Å². The lowest BCUT2D eigenvalue weighted by Gasteiger charge is -2.30. The highest BCUT2D eigenvalue weighted by molar-refractivity contribution is 7.80. The van der Waals surface area contributed by atoms with Crippen LogP contribution in [0.4, 0.5) is 0 Å². The lowest BCUT2D eigenvalue weighted by molar-refractivity contribution is -0.153. The number of fused-ring (bicyclic) bond motifs is 1. The molecule has 36 heavy (non-hydrogen) atoms. The van der Waals surface area contributed by atoms with Crippen LogP contribution < -0.4 is 5.32 Å². The minimum Gasteiger partial charge on any atom is -0.465 e. The molecule has 0 bridgehead atoms. The molecule has 1 amide bonds. The van der Waals surface area contributed by atoms with Crippen molar-refractivity contribution in [1.82, 2.24) is 10.2 Å². The molecule has 1 unspecified atom stereocenters. The van der Waals surface area contributed by atoms with E-state index in [0.717, 1.165) is 18.4 Å². The molecular formula is C28H32N2O5S. The Bertz CT molecular complexity index is 1100. The third kappa shape index (κ3) is 5.82. The third-order valence-corrected chi connectivity index (χ3v) is 7.27. The molecule has 0 saturated carbocycles. The van der Waals surface area contributed by atoms with Gasteiger partial charge in [0, 0.05) is 11.4 Å². The monoisotopic (exact) mass is 508 g/mol. The molecule has 0 radical (unpaired) electrons. The van der Waals surface area contributed by atoms with E-state index in [4.69, 9.17) is 21.7 Å². The van der Waals surface area contributed by atoms with Crippen LogP contribution in [0.1, 0.15) is 37.0 Å². The number of rotatable bonds is 9. The van der Waals surface area contributed by atoms with Gasteiger partial charge in [0.05, 0.1) is 12.6 Å². The van der Waals surface area contributed by atoms with Gasteiger partial charge in [0.15, 0.2) is 6.04 Å². The van der Waals surface area contributed by atoms with E-state index < -0.39 is 24.1 Å². The molecule has 0 aromatic heterocycles. The van der Waals surface area contributed by atoms with Crippen LogP contribution in [0.5, 0.6) is 0 Å². The van der Waals surface area contributed by atoms with Crippen molar-refractivity contribution >= 4 is 34.9 Å². The average molecular weight is 509 g/mol. The summed E-state index contributed by atoms with van der Waals surface area (Å²) in [5.41, 5.74) is 3.28. The van der Waals surface area contributed by atoms with Gasteiger partial charge in [0.2, 0.25) is 5.91 Å². The fourth-order valence-electron chi connectivity index (χ4n) is 5.02. The van der Waals surface area contributed by atoms with Crippen LogP contribution in [-0.4, -0.2) is 58.9 Å². The van der Waals surface area contributed by atoms with Crippen molar-refractivity contribution in [3.05, 3.63) is 71.3 Å². The lowest BCUT2D eigenvalue weighted by atomic mass is 9.95. The number of carbonyl (C=O) groups is 3. The summed E-state index contributed by atoms with van der Waals surface area (Å²) in [5.74, 6) is -1.22. The molecule has 1 saturated heterocycles. The Kier molecular flexibility index (Phi) is 8.48. The molecule has 1 fully saturated rings. The van der Waals surface area contributed by atoms with E-state index in [1.807, 2.05) is 42.5 Å². The smallest absolute Gasteiger partial charge is 0.334 e. The van der Waals surface area contributed by atoms with Crippen molar-refractivity contribution in [2.24, 2.45) is 5.92 Å². The first-order valence-electron chi connectivity index (χ1n) is 12.4. The summed E-state index contributed by atoms with van der Waals surface area (Å²) in [5, 5.41) is 3.23. The molecule has 0 spiro atoms. The van der Waals surface area contributed by atoms with Crippen molar-refractivity contribution in [3.63, 3.8) is 0 Å². The molecular weight excluding hydrogens is 476 g/mol. The van der Waals surface area contributed by atoms with Crippen LogP contribution in [0.25, 0.3) is 0 Å². The topological polar surface area (TPSA) is 84.9 Å². The Hall–Kier alpha value is -3.10. The number of amides is 1. The van der Waals surface area contributed by atoms with Gasteiger partial charge in [-0.3, -0.25) is 14.9 Å². The zero-order valence-electron chi connectivity index (χ0n) is 20.6. The van der Waals surface area contributed by atoms with Crippen LogP contribution in [0.15, 0.2) is 54.6 Å². The van der Waals surface area contributed by atoms with Gasteiger partial charge >= 0.3 is 11.9 Å². The van der Waals surface area contributed by atoms with E-state index in [9.17, 15) is 14.4 Å². The van der Waals surface area contributed by atoms with Gasteiger partial charge in [0.25, 0.3) is 0 Å². The molecule has 1 N–H and O–H groups in total. The highest BCUT2D eigenvalue weighted by atomic mass is 32.1. The van der Waals surface area contributed by atoms with Crippen LogP contribution >= 0.6 is 12.2 Å². The maximum absolute atomic E-state index is 13.5. The molecule has 1 aliphatic heterocycles. The predicted molar refractivity (Wildman–Crippen MR) is 139 cm³/mol. The average Bonchev–Trinajstić information content (AvgIpc) is 3.49. The zero-order valence-corrected chi connectivity index (χ0v) is 21.5. The fourth-order valence-corrected chi connectivity index (χ4v) is 5.34. The molecule has 2 aromatic rings. The van der Waals surface area contributed by atoms with Gasteiger partial charge in [-0.25, -0.2) is 4.79 Å². The van der Waals surface area contributed by atoms with Gasteiger partial charge < -0.3 is 14.4 Å². The van der Waals surface area contributed by atoms with E-state index >= 15 is 0 Å². The molecule has 190 valence electrons. The number of benzene rings is 2. The lowest BCUT2D eigenvalue weighted by Crippen LogP contribution is -2.56. The summed E-state index contributed by atoms with van der Waals surface area (Å²) in [6.45, 7) is 4.19. The Labute approximate surface area is 217 Å². The van der Waals surface area contributed by atoms with E-state index in [1.165, 1.54) is 16.0 Å². The van der Waals surface area contributed by atoms with Crippen LogP contribution in [0.2, 0.25) is 0 Å². The number of hydrogen-bond acceptors (Lipinski definition) is 7. The van der Waals surface area contributed by atoms with Gasteiger partial charge in [-0.15, -0.1) is 0 Å². The predicted octanol–water partition coefficient (Wildman–Crippen LogP) is 3.03. The highest BCUT2D eigenvalue weighted by Gasteiger charge is 2.42. The van der Waals surface area contributed by atoms with Crippen LogP contribution in [0, 0.1) is 5.92 Å². The quantitative estimate of drug-likeness (QED) is 0.412. The van der Waals surface area contributed by atoms with Gasteiger partial charge in [-0.05, 0) is 55.7 Å². The Morgan fingerprint density at radius 1 is 1.03 bits per heavy atom. The largest absolute Gasteiger partial charge is 0.465 e. The standard InChI is InChI=1S/C28H32N2O5S/c1-3-34-27(32)24(22-15-20-11-7-8-12-21(20)16-22)29-18(2)26(31)30-14-13-23(36)25(30)28(33)35-17-19-9-5-4-6-10-19/h4-12,18,22,24-25,29H,3,13-17H2,1-2H3/t18-,24?,25-/m0/s1. The first-order chi connectivity index (χ1) is 17.4. The molecule has 4 rings (SSSR count). The van der Waals surface area contributed by atoms with Crippen LogP contribution in [-0.2, 0) is 43.3 Å². The van der Waals surface area contributed by atoms with Crippen molar-refractivity contribution < 1.29 is 23.9 Å². The number of carbonyl (C=O) groups excluding carboxylic acids is 3. The van der Waals surface area contributed by atoms with E-state index in [1.54, 1.807) is 13.8 Å². The van der Waals surface area contributed by atoms with Crippen molar-refractivity contribution in [2.75, 3.05) is 13.2 Å². The van der Waals surface area contributed by atoms with Crippen LogP contribution in [0.3, 0.4) is 0 Å². The van der Waals surface area contributed by atoms with Crippen molar-refractivity contribution in [1.29, 1.82) is 0 Å². The summed E-state index contributed by atoms with van der Waals surface area (Å²) in [7, 11) is 0. The molecule has 2 aromatic carbocycles. The maximum Gasteiger partial charge on any atom is 0.334 e. The number of esters is 2. The molecule has 2 aliphatic rings. The second-order valence-corrected chi connectivity index (χ2v) is 9.82. The number of nitrogens with zero attached hydrogens (tertiary/aromatic N) is 1. The summed E-state index contributed by atoms with van der Waals surface area (Å²) >= 11 is 5.43. The first-order valence-corrected chi connectivity index (χ1v) is 12.8. The summed E-state index contributed by atoms with van der Waals surface area (Å²) in [6, 6.07) is 15.2. The minimum absolute atomic E-state index is 0.0250. The second kappa shape index (κ2) is 11.8. The molecule has 1 aliphatic carbocycles. The van der Waals surface area contributed by atoms with Crippen molar-refractivity contribution in [2.45, 2.75) is 57.8 Å². The van der Waals surface area contributed by atoms with Gasteiger partial charge in [-0.2, -0.15) is 0 Å². The number of hydrogen-bond donors (Lipinski definition) is 1. The minimum atomic E-state index is -0.905. The number of ether oxygens (including phenoxy) is 2. The Morgan fingerprint density at radius 2 is 1.67 bits per heavy atom. The molecule has 7 nitrogen and oxygen atoms in total. The normalized spacial score (nSPS) is 19.0. The van der Waals surface area contributed by atoms with E-state index in [-0.39, 0.29) is 31.0 Å². The molecule has 3 atom stereocenters. The Balaban J connectivity index is 1.43. The number of nitrogens with one attached hydrogen (secondary N) is 1. The summed E-state index contributed by atoms with van der Waals surface area (Å²) < 4.78 is 10.8.